The first-order valence-corrected chi connectivity index (χ1v) is 6.24. The molecule has 80 valence electrons. The Balaban J connectivity index is 3.18. The highest BCUT2D eigenvalue weighted by atomic mass is 32.1. The topological polar surface area (TPSA) is 25.2 Å². The van der Waals surface area contributed by atoms with Gasteiger partial charge in [0.2, 0.25) is 5.88 Å². The van der Waals surface area contributed by atoms with Crippen molar-refractivity contribution in [2.75, 3.05) is 0 Å². The van der Waals surface area contributed by atoms with Gasteiger partial charge in [0, 0.05) is 5.54 Å². The molecule has 1 aromatic rings. The minimum Gasteiger partial charge on any atom is -0.494 e. The van der Waals surface area contributed by atoms with Crippen LogP contribution in [0.2, 0.25) is 0 Å². The largest absolute Gasteiger partial charge is 0.494 e. The molecule has 0 aliphatic rings. The van der Waals surface area contributed by atoms with Crippen LogP contribution in [0.25, 0.3) is 0 Å². The molecule has 0 fully saturated rings. The highest BCUT2D eigenvalue weighted by Crippen LogP contribution is 2.33. The quantitative estimate of drug-likeness (QED) is 0.795. The summed E-state index contributed by atoms with van der Waals surface area (Å²) in [7, 11) is 0. The summed E-state index contributed by atoms with van der Waals surface area (Å²) in [5.41, 5.74) is -0.0318. The van der Waals surface area contributed by atoms with Gasteiger partial charge >= 0.3 is 0 Å². The molecule has 0 saturated heterocycles. The van der Waals surface area contributed by atoms with Gasteiger partial charge in [-0.2, -0.15) is 0 Å². The van der Waals surface area contributed by atoms with E-state index < -0.39 is 0 Å². The Morgan fingerprint density at radius 2 is 2.21 bits per heavy atom. The maximum atomic E-state index is 9.73. The first-order valence-electron chi connectivity index (χ1n) is 4.95. The van der Waals surface area contributed by atoms with Crippen LogP contribution in [0.1, 0.15) is 40.0 Å². The van der Waals surface area contributed by atoms with Crippen LogP contribution in [0.3, 0.4) is 0 Å². The fourth-order valence-electron chi connectivity index (χ4n) is 1.78. The molecule has 1 N–H and O–H groups in total. The maximum absolute atomic E-state index is 9.73. The Bertz CT molecular complexity index is 355. The van der Waals surface area contributed by atoms with E-state index >= 15 is 0 Å². The summed E-state index contributed by atoms with van der Waals surface area (Å²) in [5.74, 6) is 0.304. The zero-order valence-electron chi connectivity index (χ0n) is 8.91. The third-order valence-corrected chi connectivity index (χ3v) is 3.95. The van der Waals surface area contributed by atoms with E-state index in [0.29, 0.717) is 5.88 Å². The number of rotatable bonds is 4. The second-order valence-electron chi connectivity index (χ2n) is 3.80. The summed E-state index contributed by atoms with van der Waals surface area (Å²) in [6.45, 7) is 6.44. The van der Waals surface area contributed by atoms with Crippen molar-refractivity contribution in [1.29, 1.82) is 0 Å². The van der Waals surface area contributed by atoms with Crippen LogP contribution in [0.15, 0.2) is 5.38 Å². The van der Waals surface area contributed by atoms with Crippen LogP contribution in [0, 0.1) is 3.95 Å². The molecule has 1 heterocycles. The van der Waals surface area contributed by atoms with Gasteiger partial charge in [-0.25, -0.2) is 0 Å². The van der Waals surface area contributed by atoms with Gasteiger partial charge < -0.3 is 5.11 Å². The van der Waals surface area contributed by atoms with Gasteiger partial charge in [-0.3, -0.25) is 4.57 Å². The predicted octanol–water partition coefficient (Wildman–Crippen LogP) is 3.91. The van der Waals surface area contributed by atoms with Gasteiger partial charge in [-0.15, -0.1) is 11.3 Å². The Hall–Kier alpha value is -0.350. The van der Waals surface area contributed by atoms with Crippen LogP contribution in [-0.4, -0.2) is 9.67 Å². The summed E-state index contributed by atoms with van der Waals surface area (Å²) in [4.78, 5) is 0. The summed E-state index contributed by atoms with van der Waals surface area (Å²) in [6, 6.07) is 0. The molecule has 0 aromatic carbocycles. The summed E-state index contributed by atoms with van der Waals surface area (Å²) < 4.78 is 2.65. The van der Waals surface area contributed by atoms with Crippen LogP contribution in [0.5, 0.6) is 5.88 Å². The van der Waals surface area contributed by atoms with Crippen molar-refractivity contribution in [2.45, 2.75) is 45.6 Å². The van der Waals surface area contributed by atoms with Crippen molar-refractivity contribution in [3.63, 3.8) is 0 Å². The van der Waals surface area contributed by atoms with Gasteiger partial charge in [-0.05, 0) is 32.0 Å². The molecule has 0 amide bonds. The number of aromatic hydroxyl groups is 1. The van der Waals surface area contributed by atoms with Gasteiger partial charge in [0.15, 0.2) is 3.95 Å². The number of hydrogen-bond acceptors (Lipinski definition) is 3. The maximum Gasteiger partial charge on any atom is 0.203 e. The van der Waals surface area contributed by atoms with Crippen molar-refractivity contribution in [3.05, 3.63) is 9.33 Å². The monoisotopic (exact) mass is 231 g/mol. The fourth-order valence-corrected chi connectivity index (χ4v) is 2.97. The average Bonchev–Trinajstić information content (AvgIpc) is 2.47. The molecule has 1 aromatic heterocycles. The van der Waals surface area contributed by atoms with Crippen molar-refractivity contribution >= 4 is 23.6 Å². The standard InChI is InChI=1S/C10H17NOS2/c1-4-6-10(3,5-2)11-8(12)7-14-9(11)13/h7,12H,4-6H2,1-3H3. The van der Waals surface area contributed by atoms with Crippen LogP contribution < -0.4 is 0 Å². The van der Waals surface area contributed by atoms with Crippen LogP contribution in [-0.2, 0) is 5.54 Å². The lowest BCUT2D eigenvalue weighted by molar-refractivity contribution is 0.246. The van der Waals surface area contributed by atoms with Gasteiger partial charge in [0.1, 0.15) is 0 Å². The first kappa shape index (κ1) is 11.7. The molecular formula is C10H17NOS2. The molecule has 2 nitrogen and oxygen atoms in total. The van der Waals surface area contributed by atoms with Crippen molar-refractivity contribution in [3.8, 4) is 5.88 Å². The first-order chi connectivity index (χ1) is 6.55. The molecule has 4 heteroatoms. The number of thiazole rings is 1. The second kappa shape index (κ2) is 4.45. The van der Waals surface area contributed by atoms with E-state index in [4.69, 9.17) is 12.2 Å². The zero-order chi connectivity index (χ0) is 10.8. The second-order valence-corrected chi connectivity index (χ2v) is 5.30. The van der Waals surface area contributed by atoms with E-state index in [9.17, 15) is 5.11 Å². The van der Waals surface area contributed by atoms with Gasteiger partial charge in [-0.1, -0.05) is 20.3 Å². The summed E-state index contributed by atoms with van der Waals surface area (Å²) >= 11 is 6.65. The normalized spacial score (nSPS) is 15.4. The van der Waals surface area contributed by atoms with E-state index in [1.54, 1.807) is 5.38 Å². The Labute approximate surface area is 94.2 Å². The van der Waals surface area contributed by atoms with Gasteiger partial charge in [0.05, 0.1) is 5.38 Å². The lowest BCUT2D eigenvalue weighted by Crippen LogP contribution is -2.28. The van der Waals surface area contributed by atoms with Crippen LogP contribution in [0.4, 0.5) is 0 Å². The third kappa shape index (κ3) is 2.01. The SMILES string of the molecule is CCCC(C)(CC)n1c(O)csc1=S. The van der Waals surface area contributed by atoms with Crippen molar-refractivity contribution < 1.29 is 5.11 Å². The molecule has 14 heavy (non-hydrogen) atoms. The smallest absolute Gasteiger partial charge is 0.203 e. The number of hydrogen-bond donors (Lipinski definition) is 1. The molecule has 1 unspecified atom stereocenters. The highest BCUT2D eigenvalue weighted by molar-refractivity contribution is 7.73. The minimum absolute atomic E-state index is 0.0318. The third-order valence-electron chi connectivity index (χ3n) is 2.77. The molecule has 0 bridgehead atoms. The average molecular weight is 231 g/mol. The molecule has 0 radical (unpaired) electrons. The van der Waals surface area contributed by atoms with E-state index in [2.05, 4.69) is 20.8 Å². The Morgan fingerprint density at radius 1 is 1.57 bits per heavy atom. The van der Waals surface area contributed by atoms with Gasteiger partial charge in [0.25, 0.3) is 0 Å². The summed E-state index contributed by atoms with van der Waals surface area (Å²) in [6.07, 6.45) is 3.13. The molecular weight excluding hydrogens is 214 g/mol. The van der Waals surface area contributed by atoms with E-state index in [1.807, 2.05) is 4.57 Å². The van der Waals surface area contributed by atoms with E-state index in [-0.39, 0.29) is 5.54 Å². The molecule has 0 aliphatic carbocycles. The lowest BCUT2D eigenvalue weighted by atomic mass is 9.93. The minimum atomic E-state index is -0.0318. The molecule has 1 atom stereocenters. The number of aromatic nitrogens is 1. The Kier molecular flexibility index (Phi) is 3.72. The van der Waals surface area contributed by atoms with E-state index in [0.717, 1.165) is 23.2 Å². The zero-order valence-corrected chi connectivity index (χ0v) is 10.5. The van der Waals surface area contributed by atoms with Crippen molar-refractivity contribution in [2.24, 2.45) is 0 Å². The van der Waals surface area contributed by atoms with E-state index in [1.165, 1.54) is 11.3 Å². The fraction of sp³-hybridized carbons (Fsp3) is 0.700. The predicted molar refractivity (Wildman–Crippen MR) is 63.7 cm³/mol. The number of nitrogens with zero attached hydrogens (tertiary/aromatic N) is 1. The Morgan fingerprint density at radius 3 is 2.57 bits per heavy atom. The molecule has 0 aliphatic heterocycles. The van der Waals surface area contributed by atoms with Crippen molar-refractivity contribution in [1.82, 2.24) is 4.57 Å². The molecule has 0 spiro atoms. The highest BCUT2D eigenvalue weighted by Gasteiger charge is 2.26. The summed E-state index contributed by atoms with van der Waals surface area (Å²) in [5, 5.41) is 11.4. The lowest BCUT2D eigenvalue weighted by Gasteiger charge is -2.30. The van der Waals surface area contributed by atoms with Crippen LogP contribution >= 0.6 is 23.6 Å². The molecule has 1 rings (SSSR count). The molecule has 0 saturated carbocycles.